The molecule has 4 aromatic carbocycles. The molecule has 0 N–H and O–H groups in total. The van der Waals surface area contributed by atoms with E-state index in [9.17, 15) is 17.6 Å². The first-order valence-corrected chi connectivity index (χ1v) is 13.3. The van der Waals surface area contributed by atoms with E-state index in [1.54, 1.807) is 0 Å². The van der Waals surface area contributed by atoms with Crippen molar-refractivity contribution in [2.45, 2.75) is 12.6 Å². The van der Waals surface area contributed by atoms with E-state index in [1.165, 1.54) is 0 Å². The standard InChI is InChI=1S/C28H25F4OP/c29-16-7-17-33-22-12-14-25(15-13-22)34(23-8-3-1-4-9-23,24-10-5-2-6-11-24)20-21-18-26(30)28(32)27(31)19-21/h1-6,8-15,18-19,34H,7,16-17,20H2. The Hall–Kier alpha value is -3.17. The molecule has 6 heteroatoms. The number of rotatable bonds is 9. The minimum atomic E-state index is -2.86. The van der Waals surface area contributed by atoms with Gasteiger partial charge in [-0.1, -0.05) is 0 Å². The predicted octanol–water partition coefficient (Wildman–Crippen LogP) is 6.07. The Kier molecular flexibility index (Phi) is 7.64. The van der Waals surface area contributed by atoms with Crippen LogP contribution in [0.15, 0.2) is 97.1 Å². The first kappa shape index (κ1) is 24.0. The molecule has 4 aromatic rings. The third-order valence-electron chi connectivity index (χ3n) is 5.94. The molecule has 0 aromatic heterocycles. The second kappa shape index (κ2) is 10.8. The van der Waals surface area contributed by atoms with E-state index in [0.29, 0.717) is 23.9 Å². The zero-order valence-corrected chi connectivity index (χ0v) is 19.5. The van der Waals surface area contributed by atoms with Gasteiger partial charge in [0, 0.05) is 0 Å². The summed E-state index contributed by atoms with van der Waals surface area (Å²) in [6.45, 7) is -0.162. The fourth-order valence-corrected chi connectivity index (χ4v) is 9.04. The van der Waals surface area contributed by atoms with Crippen LogP contribution in [0.5, 0.6) is 5.75 Å². The molecule has 0 radical (unpaired) electrons. The maximum absolute atomic E-state index is 14.2. The van der Waals surface area contributed by atoms with Crippen molar-refractivity contribution in [1.29, 1.82) is 0 Å². The van der Waals surface area contributed by atoms with Gasteiger partial charge in [0.1, 0.15) is 0 Å². The Morgan fingerprint density at radius 2 is 1.15 bits per heavy atom. The van der Waals surface area contributed by atoms with Gasteiger partial charge in [0.25, 0.3) is 0 Å². The quantitative estimate of drug-likeness (QED) is 0.121. The van der Waals surface area contributed by atoms with Crippen LogP contribution in [0.1, 0.15) is 12.0 Å². The van der Waals surface area contributed by atoms with Gasteiger partial charge < -0.3 is 0 Å². The summed E-state index contributed by atoms with van der Waals surface area (Å²) in [5, 5.41) is 3.11. The van der Waals surface area contributed by atoms with Crippen LogP contribution in [-0.4, -0.2) is 13.3 Å². The van der Waals surface area contributed by atoms with Gasteiger partial charge in [-0.15, -0.1) is 0 Å². The van der Waals surface area contributed by atoms with E-state index in [0.717, 1.165) is 28.0 Å². The Bertz CT molecular complexity index is 1150. The zero-order chi connectivity index (χ0) is 24.0. The molecule has 0 aliphatic carbocycles. The number of hydrogen-bond acceptors (Lipinski definition) is 1. The van der Waals surface area contributed by atoms with Crippen LogP contribution in [0.2, 0.25) is 0 Å². The molecular weight excluding hydrogens is 459 g/mol. The minimum absolute atomic E-state index is 0.282. The Morgan fingerprint density at radius 1 is 0.647 bits per heavy atom. The van der Waals surface area contributed by atoms with Gasteiger partial charge in [0.05, 0.1) is 0 Å². The second-order valence-electron chi connectivity index (χ2n) is 8.10. The summed E-state index contributed by atoms with van der Waals surface area (Å²) in [6, 6.07) is 29.5. The molecule has 34 heavy (non-hydrogen) atoms. The number of halogens is 4. The van der Waals surface area contributed by atoms with Crippen molar-refractivity contribution in [2.24, 2.45) is 0 Å². The summed E-state index contributed by atoms with van der Waals surface area (Å²) in [5.74, 6) is -3.24. The van der Waals surface area contributed by atoms with Crippen LogP contribution in [-0.2, 0) is 6.16 Å². The topological polar surface area (TPSA) is 9.23 Å². The average molecular weight is 484 g/mol. The molecule has 176 valence electrons. The normalized spacial score (nSPS) is 11.9. The van der Waals surface area contributed by atoms with Crippen LogP contribution in [0.4, 0.5) is 17.6 Å². The van der Waals surface area contributed by atoms with Crippen molar-refractivity contribution in [3.8, 4) is 5.75 Å². The molecular formula is C28H25F4OP. The van der Waals surface area contributed by atoms with Crippen molar-refractivity contribution in [2.75, 3.05) is 13.3 Å². The van der Waals surface area contributed by atoms with E-state index in [-0.39, 0.29) is 6.61 Å². The van der Waals surface area contributed by atoms with Gasteiger partial charge in [-0.25, -0.2) is 0 Å². The summed E-state index contributed by atoms with van der Waals surface area (Å²) in [5.41, 5.74) is 0.388. The van der Waals surface area contributed by atoms with Crippen molar-refractivity contribution in [1.82, 2.24) is 0 Å². The van der Waals surface area contributed by atoms with E-state index in [4.69, 9.17) is 4.74 Å². The zero-order valence-electron chi connectivity index (χ0n) is 18.5. The van der Waals surface area contributed by atoms with Crippen LogP contribution in [0.3, 0.4) is 0 Å². The third-order valence-corrected chi connectivity index (χ3v) is 10.8. The van der Waals surface area contributed by atoms with Crippen LogP contribution >= 0.6 is 7.26 Å². The monoisotopic (exact) mass is 484 g/mol. The van der Waals surface area contributed by atoms with Crippen LogP contribution in [0.25, 0.3) is 0 Å². The SMILES string of the molecule is FCCCOc1ccc([PH](Cc2cc(F)c(F)c(F)c2)(c2ccccc2)c2ccccc2)cc1. The first-order chi connectivity index (χ1) is 16.5. The molecule has 4 rings (SSSR count). The summed E-state index contributed by atoms with van der Waals surface area (Å²) in [4.78, 5) is 0. The molecule has 0 fully saturated rings. The van der Waals surface area contributed by atoms with Gasteiger partial charge in [-0.05, 0) is 0 Å². The number of hydrogen-bond donors (Lipinski definition) is 0. The molecule has 0 heterocycles. The Morgan fingerprint density at radius 3 is 1.65 bits per heavy atom. The van der Waals surface area contributed by atoms with E-state index < -0.39 is 31.4 Å². The molecule has 0 saturated carbocycles. The average Bonchev–Trinajstić information content (AvgIpc) is 2.87. The Balaban J connectivity index is 1.89. The van der Waals surface area contributed by atoms with E-state index >= 15 is 0 Å². The van der Waals surface area contributed by atoms with Crippen molar-refractivity contribution in [3.63, 3.8) is 0 Å². The Labute approximate surface area is 197 Å². The molecule has 0 unspecified atom stereocenters. The van der Waals surface area contributed by atoms with Crippen molar-refractivity contribution in [3.05, 3.63) is 120 Å². The van der Waals surface area contributed by atoms with Gasteiger partial charge >= 0.3 is 197 Å². The summed E-state index contributed by atoms with van der Waals surface area (Å²) in [7, 11) is -2.86. The molecule has 0 atom stereocenters. The van der Waals surface area contributed by atoms with Gasteiger partial charge in [0.2, 0.25) is 0 Å². The van der Waals surface area contributed by atoms with Gasteiger partial charge in [-0.2, -0.15) is 0 Å². The molecule has 0 aliphatic rings. The van der Waals surface area contributed by atoms with Crippen molar-refractivity contribution >= 4 is 23.2 Å². The fourth-order valence-electron chi connectivity index (χ4n) is 4.35. The number of ether oxygens (including phenoxy) is 1. The first-order valence-electron chi connectivity index (χ1n) is 11.1. The van der Waals surface area contributed by atoms with Crippen LogP contribution in [0, 0.1) is 17.5 Å². The van der Waals surface area contributed by atoms with E-state index in [1.807, 2.05) is 84.9 Å². The van der Waals surface area contributed by atoms with Gasteiger partial charge in [0.15, 0.2) is 0 Å². The third kappa shape index (κ3) is 5.00. The second-order valence-corrected chi connectivity index (χ2v) is 12.0. The molecule has 0 bridgehead atoms. The van der Waals surface area contributed by atoms with E-state index in [2.05, 4.69) is 0 Å². The summed E-state index contributed by atoms with van der Waals surface area (Å²) in [6.07, 6.45) is 0.646. The summed E-state index contributed by atoms with van der Waals surface area (Å²) >= 11 is 0. The van der Waals surface area contributed by atoms with Gasteiger partial charge in [-0.3, -0.25) is 0 Å². The molecule has 0 saturated heterocycles. The predicted molar refractivity (Wildman–Crippen MR) is 133 cm³/mol. The molecule has 0 aliphatic heterocycles. The number of benzene rings is 4. The molecule has 0 amide bonds. The summed E-state index contributed by atoms with van der Waals surface area (Å²) < 4.78 is 60.1. The maximum atomic E-state index is 14.2. The van der Waals surface area contributed by atoms with Crippen LogP contribution < -0.4 is 20.7 Å². The number of alkyl halides is 1. The fraction of sp³-hybridized carbons (Fsp3) is 0.143. The van der Waals surface area contributed by atoms with Crippen molar-refractivity contribution < 1.29 is 22.3 Å². The molecule has 0 spiro atoms. The molecule has 1 nitrogen and oxygen atoms in total.